The Balaban J connectivity index is 2.68. The zero-order chi connectivity index (χ0) is 16.8. The van der Waals surface area contributed by atoms with Crippen molar-refractivity contribution in [2.24, 2.45) is 0 Å². The van der Waals surface area contributed by atoms with Crippen LogP contribution in [0, 0.1) is 0 Å². The summed E-state index contributed by atoms with van der Waals surface area (Å²) in [6.45, 7) is 8.11. The molecule has 22 heavy (non-hydrogen) atoms. The molecule has 2 N–H and O–H groups in total. The van der Waals surface area contributed by atoms with Gasteiger partial charge in [0.05, 0.1) is 0 Å². The molecule has 1 saturated heterocycles. The van der Waals surface area contributed by atoms with Crippen molar-refractivity contribution in [3.05, 3.63) is 0 Å². The van der Waals surface area contributed by atoms with Gasteiger partial charge in [0.15, 0.2) is 0 Å². The summed E-state index contributed by atoms with van der Waals surface area (Å²) in [7, 11) is 0. The molecule has 0 aromatic carbocycles. The van der Waals surface area contributed by atoms with Gasteiger partial charge in [-0.3, -0.25) is 9.69 Å². The molecule has 0 aliphatic carbocycles. The molecule has 0 aromatic heterocycles. The second-order valence-electron chi connectivity index (χ2n) is 6.42. The molecule has 1 heterocycles. The summed E-state index contributed by atoms with van der Waals surface area (Å²) in [5.74, 6) is -0.378. The summed E-state index contributed by atoms with van der Waals surface area (Å²) in [6.07, 6.45) is 2.17. The van der Waals surface area contributed by atoms with Crippen molar-refractivity contribution in [3.63, 3.8) is 0 Å². The normalized spacial score (nSPS) is 19.4. The van der Waals surface area contributed by atoms with Crippen LogP contribution < -0.4 is 10.6 Å². The second-order valence-corrected chi connectivity index (χ2v) is 6.42. The zero-order valence-corrected chi connectivity index (χ0v) is 13.9. The highest BCUT2D eigenvalue weighted by atomic mass is 16.6. The third-order valence-corrected chi connectivity index (χ3v) is 3.15. The number of ether oxygens (including phenoxy) is 1. The monoisotopic (exact) mass is 313 g/mol. The highest BCUT2D eigenvalue weighted by Gasteiger charge is 2.32. The Bertz CT molecular complexity index is 418. The number of carbonyl (C=O) groups is 3. The van der Waals surface area contributed by atoms with E-state index in [2.05, 4.69) is 10.6 Å². The first-order chi connectivity index (χ1) is 10.2. The van der Waals surface area contributed by atoms with E-state index in [9.17, 15) is 14.4 Å². The van der Waals surface area contributed by atoms with E-state index < -0.39 is 23.8 Å². The van der Waals surface area contributed by atoms with Gasteiger partial charge in [-0.15, -0.1) is 0 Å². The fraction of sp³-hybridized carbons (Fsp3) is 0.800. The van der Waals surface area contributed by atoms with Crippen molar-refractivity contribution < 1.29 is 19.1 Å². The fourth-order valence-corrected chi connectivity index (χ4v) is 2.15. The van der Waals surface area contributed by atoms with Gasteiger partial charge in [-0.2, -0.15) is 0 Å². The van der Waals surface area contributed by atoms with Gasteiger partial charge in [-0.1, -0.05) is 6.92 Å². The standard InChI is InChI=1S/C15H27N3O4/c1-5-9-16-13(20)18-10-7-6-8-11(12(18)19)17-14(21)22-15(2,3)4/h11H,5-10H2,1-4H3,(H,16,20)(H,17,21)/t11-/m1/s1. The van der Waals surface area contributed by atoms with E-state index in [-0.39, 0.29) is 5.91 Å². The van der Waals surface area contributed by atoms with Crippen molar-refractivity contribution in [2.45, 2.75) is 65.0 Å². The van der Waals surface area contributed by atoms with Gasteiger partial charge < -0.3 is 15.4 Å². The van der Waals surface area contributed by atoms with Gasteiger partial charge in [0.25, 0.3) is 5.91 Å². The Morgan fingerprint density at radius 1 is 1.32 bits per heavy atom. The predicted molar refractivity (Wildman–Crippen MR) is 82.4 cm³/mol. The molecule has 0 bridgehead atoms. The third-order valence-electron chi connectivity index (χ3n) is 3.15. The lowest BCUT2D eigenvalue weighted by Gasteiger charge is -2.25. The summed E-state index contributed by atoms with van der Waals surface area (Å²) in [6, 6.07) is -1.12. The van der Waals surface area contributed by atoms with E-state index in [0.29, 0.717) is 19.5 Å². The zero-order valence-electron chi connectivity index (χ0n) is 13.9. The minimum atomic E-state index is -0.718. The molecule has 1 aliphatic rings. The van der Waals surface area contributed by atoms with E-state index in [1.165, 1.54) is 4.90 Å². The molecule has 1 rings (SSSR count). The highest BCUT2D eigenvalue weighted by molar-refractivity contribution is 5.98. The number of imide groups is 1. The first-order valence-corrected chi connectivity index (χ1v) is 7.83. The Morgan fingerprint density at radius 2 is 2.00 bits per heavy atom. The molecule has 0 spiro atoms. The summed E-state index contributed by atoms with van der Waals surface area (Å²) in [5.41, 5.74) is -0.629. The Hall–Kier alpha value is -1.79. The third kappa shape index (κ3) is 5.91. The molecule has 1 fully saturated rings. The summed E-state index contributed by atoms with van der Waals surface area (Å²) in [5, 5.41) is 5.27. The van der Waals surface area contributed by atoms with E-state index in [0.717, 1.165) is 19.3 Å². The number of nitrogens with one attached hydrogen (secondary N) is 2. The van der Waals surface area contributed by atoms with Crippen LogP contribution in [0.3, 0.4) is 0 Å². The van der Waals surface area contributed by atoms with E-state index in [1.54, 1.807) is 20.8 Å². The number of hydrogen-bond acceptors (Lipinski definition) is 4. The molecule has 7 heteroatoms. The van der Waals surface area contributed by atoms with E-state index in [4.69, 9.17) is 4.74 Å². The van der Waals surface area contributed by atoms with Gasteiger partial charge in [0, 0.05) is 13.1 Å². The average Bonchev–Trinajstić information content (AvgIpc) is 2.57. The molecule has 0 radical (unpaired) electrons. The van der Waals surface area contributed by atoms with Gasteiger partial charge in [-0.25, -0.2) is 9.59 Å². The first kappa shape index (κ1) is 18.3. The average molecular weight is 313 g/mol. The Morgan fingerprint density at radius 3 is 2.59 bits per heavy atom. The van der Waals surface area contributed by atoms with Gasteiger partial charge >= 0.3 is 12.1 Å². The maximum atomic E-state index is 12.4. The van der Waals surface area contributed by atoms with Gasteiger partial charge in [-0.05, 0) is 46.5 Å². The van der Waals surface area contributed by atoms with Gasteiger partial charge in [0.2, 0.25) is 0 Å². The molecule has 1 aliphatic heterocycles. The quantitative estimate of drug-likeness (QED) is 0.834. The van der Waals surface area contributed by atoms with Crippen LogP contribution in [0.15, 0.2) is 0 Å². The molecule has 0 saturated carbocycles. The molecule has 0 unspecified atom stereocenters. The molecular weight excluding hydrogens is 286 g/mol. The smallest absolute Gasteiger partial charge is 0.408 e. The molecule has 7 nitrogen and oxygen atoms in total. The Labute approximate surface area is 131 Å². The highest BCUT2D eigenvalue weighted by Crippen LogP contribution is 2.14. The number of nitrogens with zero attached hydrogens (tertiary/aromatic N) is 1. The topological polar surface area (TPSA) is 87.7 Å². The number of urea groups is 1. The van der Waals surface area contributed by atoms with E-state index in [1.807, 2.05) is 6.92 Å². The second kappa shape index (κ2) is 8.00. The summed E-state index contributed by atoms with van der Waals surface area (Å²) in [4.78, 5) is 37.5. The van der Waals surface area contributed by atoms with Crippen LogP contribution >= 0.6 is 0 Å². The molecule has 4 amide bonds. The van der Waals surface area contributed by atoms with Crippen LogP contribution in [0.1, 0.15) is 53.4 Å². The van der Waals surface area contributed by atoms with Crippen LogP contribution in [0.5, 0.6) is 0 Å². The maximum Gasteiger partial charge on any atom is 0.408 e. The maximum absolute atomic E-state index is 12.4. The molecule has 126 valence electrons. The van der Waals surface area contributed by atoms with Crippen molar-refractivity contribution in [1.29, 1.82) is 0 Å². The van der Waals surface area contributed by atoms with Crippen LogP contribution in [-0.4, -0.2) is 47.7 Å². The largest absolute Gasteiger partial charge is 0.444 e. The fourth-order valence-electron chi connectivity index (χ4n) is 2.15. The van der Waals surface area contributed by atoms with Crippen LogP contribution in [0.2, 0.25) is 0 Å². The number of likely N-dealkylation sites (tertiary alicyclic amines) is 1. The lowest BCUT2D eigenvalue weighted by molar-refractivity contribution is -0.130. The first-order valence-electron chi connectivity index (χ1n) is 7.83. The predicted octanol–water partition coefficient (Wildman–Crippen LogP) is 2.01. The SMILES string of the molecule is CCCNC(=O)N1CCCC[C@@H](NC(=O)OC(C)(C)C)C1=O. The minimum Gasteiger partial charge on any atom is -0.444 e. The van der Waals surface area contributed by atoms with Crippen LogP contribution in [-0.2, 0) is 9.53 Å². The Kier molecular flexibility index (Phi) is 6.64. The number of amides is 4. The number of carbonyl (C=O) groups excluding carboxylic acids is 3. The van der Waals surface area contributed by atoms with Gasteiger partial charge in [0.1, 0.15) is 11.6 Å². The lowest BCUT2D eigenvalue weighted by atomic mass is 10.1. The van der Waals surface area contributed by atoms with Crippen molar-refractivity contribution >= 4 is 18.0 Å². The summed E-state index contributed by atoms with van der Waals surface area (Å²) >= 11 is 0. The van der Waals surface area contributed by atoms with Crippen molar-refractivity contribution in [1.82, 2.24) is 15.5 Å². The van der Waals surface area contributed by atoms with E-state index >= 15 is 0 Å². The minimum absolute atomic E-state index is 0.376. The van der Waals surface area contributed by atoms with Crippen molar-refractivity contribution in [3.8, 4) is 0 Å². The summed E-state index contributed by atoms with van der Waals surface area (Å²) < 4.78 is 5.17. The molecule has 1 atom stereocenters. The number of hydrogen-bond donors (Lipinski definition) is 2. The van der Waals surface area contributed by atoms with Crippen molar-refractivity contribution in [2.75, 3.05) is 13.1 Å². The molecule has 0 aromatic rings. The van der Waals surface area contributed by atoms with Crippen LogP contribution in [0.4, 0.5) is 9.59 Å². The number of rotatable bonds is 3. The molecular formula is C15H27N3O4. The van der Waals surface area contributed by atoms with Crippen LogP contribution in [0.25, 0.3) is 0 Å². The number of alkyl carbamates (subject to hydrolysis) is 1. The lowest BCUT2D eigenvalue weighted by Crippen LogP contribution is -2.52.